The molecule has 0 aromatic heterocycles. The summed E-state index contributed by atoms with van der Waals surface area (Å²) in [5, 5.41) is 9.24. The van der Waals surface area contributed by atoms with Crippen molar-refractivity contribution in [3.8, 4) is 0 Å². The molecule has 0 spiro atoms. The lowest BCUT2D eigenvalue weighted by molar-refractivity contribution is -0.151. The number of allylic oxidation sites excluding steroid dienone is 2. The maximum atomic E-state index is 11.6. The van der Waals surface area contributed by atoms with Crippen LogP contribution in [0.2, 0.25) is 0 Å². The Hall–Kier alpha value is -1.58. The first-order chi connectivity index (χ1) is 14.1. The maximum absolute atomic E-state index is 11.6. The molecule has 0 bridgehead atoms. The summed E-state index contributed by atoms with van der Waals surface area (Å²) in [5.41, 5.74) is 0. The number of carbonyl (C=O) groups excluding carboxylic acids is 1. The van der Waals surface area contributed by atoms with E-state index >= 15 is 0 Å². The van der Waals surface area contributed by atoms with Crippen LogP contribution in [0.3, 0.4) is 0 Å². The Labute approximate surface area is 178 Å². The van der Waals surface area contributed by atoms with Crippen LogP contribution in [0.5, 0.6) is 0 Å². The van der Waals surface area contributed by atoms with Crippen molar-refractivity contribution in [1.82, 2.24) is 0 Å². The molecule has 0 aliphatic heterocycles. The summed E-state index contributed by atoms with van der Waals surface area (Å²) < 4.78 is 4.88. The van der Waals surface area contributed by atoms with Crippen LogP contribution >= 0.6 is 0 Å². The van der Waals surface area contributed by atoms with Gasteiger partial charge in [0.2, 0.25) is 0 Å². The first-order valence-corrected chi connectivity index (χ1v) is 11.8. The normalized spacial score (nSPS) is 12.2. The highest BCUT2D eigenvalue weighted by Gasteiger charge is 2.21. The van der Waals surface area contributed by atoms with Gasteiger partial charge in [-0.2, -0.15) is 0 Å². The third-order valence-corrected chi connectivity index (χ3v) is 5.19. The van der Waals surface area contributed by atoms with E-state index in [9.17, 15) is 14.7 Å². The molecule has 0 fully saturated rings. The van der Waals surface area contributed by atoms with Gasteiger partial charge in [-0.3, -0.25) is 9.59 Å². The minimum Gasteiger partial charge on any atom is -0.481 e. The predicted octanol–water partition coefficient (Wildman–Crippen LogP) is 7.23. The standard InChI is InChI=1S/C25H44O4/c1-3-5-6-7-8-9-10-11-12-13-14-15-16-17-18-19-20-23(25(27)28)22-24(26)29-21-4-2/h4,10-11,23H,2-3,5-9,12-22H2,1H3,(H,27,28)/b11-10+. The Morgan fingerprint density at radius 1 is 0.862 bits per heavy atom. The van der Waals surface area contributed by atoms with Crippen molar-refractivity contribution >= 4 is 11.9 Å². The van der Waals surface area contributed by atoms with Crippen LogP contribution in [0.25, 0.3) is 0 Å². The lowest BCUT2D eigenvalue weighted by Gasteiger charge is -2.11. The Balaban J connectivity index is 3.51. The molecular weight excluding hydrogens is 364 g/mol. The molecule has 1 N–H and O–H groups in total. The summed E-state index contributed by atoms with van der Waals surface area (Å²) in [6, 6.07) is 0. The van der Waals surface area contributed by atoms with Gasteiger partial charge in [-0.05, 0) is 32.1 Å². The average molecular weight is 409 g/mol. The molecule has 1 atom stereocenters. The van der Waals surface area contributed by atoms with Gasteiger partial charge in [-0.25, -0.2) is 0 Å². The molecule has 0 saturated carbocycles. The van der Waals surface area contributed by atoms with Crippen molar-refractivity contribution in [2.45, 2.75) is 110 Å². The fourth-order valence-corrected chi connectivity index (χ4v) is 3.36. The molecule has 0 aromatic rings. The van der Waals surface area contributed by atoms with Gasteiger partial charge in [0.1, 0.15) is 6.61 Å². The summed E-state index contributed by atoms with van der Waals surface area (Å²) in [7, 11) is 0. The van der Waals surface area contributed by atoms with E-state index in [0.29, 0.717) is 6.42 Å². The molecule has 0 aliphatic carbocycles. The average Bonchev–Trinajstić information content (AvgIpc) is 2.70. The summed E-state index contributed by atoms with van der Waals surface area (Å²) in [6.07, 6.45) is 23.9. The zero-order chi connectivity index (χ0) is 21.6. The van der Waals surface area contributed by atoms with Crippen molar-refractivity contribution in [2.24, 2.45) is 5.92 Å². The first kappa shape index (κ1) is 27.4. The zero-order valence-corrected chi connectivity index (χ0v) is 18.7. The maximum Gasteiger partial charge on any atom is 0.307 e. The number of unbranched alkanes of at least 4 members (excludes halogenated alkanes) is 12. The molecule has 0 saturated heterocycles. The summed E-state index contributed by atoms with van der Waals surface area (Å²) in [4.78, 5) is 22.8. The van der Waals surface area contributed by atoms with Gasteiger partial charge in [0.25, 0.3) is 0 Å². The van der Waals surface area contributed by atoms with Crippen LogP contribution in [-0.4, -0.2) is 23.7 Å². The fraction of sp³-hybridized carbons (Fsp3) is 0.760. The van der Waals surface area contributed by atoms with E-state index in [-0.39, 0.29) is 13.0 Å². The molecule has 0 aromatic carbocycles. The molecule has 0 heterocycles. The lowest BCUT2D eigenvalue weighted by Crippen LogP contribution is -2.19. The molecule has 0 radical (unpaired) electrons. The Morgan fingerprint density at radius 3 is 1.90 bits per heavy atom. The summed E-state index contributed by atoms with van der Waals surface area (Å²) in [5.74, 6) is -2.00. The van der Waals surface area contributed by atoms with E-state index in [1.54, 1.807) is 0 Å². The first-order valence-electron chi connectivity index (χ1n) is 11.8. The van der Waals surface area contributed by atoms with Gasteiger partial charge in [-0.1, -0.05) is 95.9 Å². The van der Waals surface area contributed by atoms with Gasteiger partial charge in [0, 0.05) is 0 Å². The molecule has 4 heteroatoms. The van der Waals surface area contributed by atoms with E-state index < -0.39 is 17.9 Å². The van der Waals surface area contributed by atoms with Crippen LogP contribution in [0.4, 0.5) is 0 Å². The number of ether oxygens (including phenoxy) is 1. The highest BCUT2D eigenvalue weighted by molar-refractivity contribution is 5.78. The predicted molar refractivity (Wildman–Crippen MR) is 121 cm³/mol. The molecule has 4 nitrogen and oxygen atoms in total. The number of carboxylic acid groups (broad SMARTS) is 1. The van der Waals surface area contributed by atoms with Crippen molar-refractivity contribution in [1.29, 1.82) is 0 Å². The van der Waals surface area contributed by atoms with Crippen LogP contribution in [0, 0.1) is 5.92 Å². The molecular formula is C25H44O4. The van der Waals surface area contributed by atoms with Crippen LogP contribution in [0.1, 0.15) is 110 Å². The van der Waals surface area contributed by atoms with Crippen LogP contribution in [-0.2, 0) is 14.3 Å². The smallest absolute Gasteiger partial charge is 0.307 e. The Bertz CT molecular complexity index is 442. The number of aliphatic carboxylic acids is 1. The quantitative estimate of drug-likeness (QED) is 0.124. The van der Waals surface area contributed by atoms with Crippen molar-refractivity contribution in [3.63, 3.8) is 0 Å². The zero-order valence-electron chi connectivity index (χ0n) is 18.7. The third kappa shape index (κ3) is 19.5. The number of carboxylic acids is 1. The van der Waals surface area contributed by atoms with E-state index in [4.69, 9.17) is 4.74 Å². The number of esters is 1. The second kappa shape index (κ2) is 21.1. The van der Waals surface area contributed by atoms with Crippen molar-refractivity contribution < 1.29 is 19.4 Å². The Kier molecular flexibility index (Phi) is 20.0. The minimum absolute atomic E-state index is 0.0462. The molecule has 1 unspecified atom stereocenters. The molecule has 168 valence electrons. The SMILES string of the molecule is C=CCOC(=O)CC(CCCCCCCCC/C=C/CCCCCCC)C(=O)O. The van der Waals surface area contributed by atoms with E-state index in [1.807, 2.05) is 0 Å². The summed E-state index contributed by atoms with van der Waals surface area (Å²) in [6.45, 7) is 5.87. The van der Waals surface area contributed by atoms with E-state index in [0.717, 1.165) is 19.3 Å². The summed E-state index contributed by atoms with van der Waals surface area (Å²) >= 11 is 0. The minimum atomic E-state index is -0.908. The van der Waals surface area contributed by atoms with Crippen LogP contribution < -0.4 is 0 Å². The van der Waals surface area contributed by atoms with Crippen LogP contribution in [0.15, 0.2) is 24.8 Å². The number of hydrogen-bond acceptors (Lipinski definition) is 3. The van der Waals surface area contributed by atoms with E-state index in [1.165, 1.54) is 76.7 Å². The van der Waals surface area contributed by atoms with E-state index in [2.05, 4.69) is 25.7 Å². The number of carbonyl (C=O) groups is 2. The molecule has 0 rings (SSSR count). The molecule has 0 amide bonds. The lowest BCUT2D eigenvalue weighted by atomic mass is 9.97. The molecule has 29 heavy (non-hydrogen) atoms. The highest BCUT2D eigenvalue weighted by Crippen LogP contribution is 2.17. The van der Waals surface area contributed by atoms with Gasteiger partial charge >= 0.3 is 11.9 Å². The topological polar surface area (TPSA) is 63.6 Å². The second-order valence-corrected chi connectivity index (χ2v) is 7.94. The number of rotatable bonds is 21. The molecule has 0 aliphatic rings. The van der Waals surface area contributed by atoms with Crippen molar-refractivity contribution in [2.75, 3.05) is 6.61 Å². The largest absolute Gasteiger partial charge is 0.481 e. The Morgan fingerprint density at radius 2 is 1.38 bits per heavy atom. The highest BCUT2D eigenvalue weighted by atomic mass is 16.5. The monoisotopic (exact) mass is 408 g/mol. The van der Waals surface area contributed by atoms with Gasteiger partial charge in [0.05, 0.1) is 12.3 Å². The van der Waals surface area contributed by atoms with Gasteiger partial charge < -0.3 is 9.84 Å². The van der Waals surface area contributed by atoms with Gasteiger partial charge in [-0.15, -0.1) is 0 Å². The second-order valence-electron chi connectivity index (χ2n) is 7.94. The third-order valence-electron chi connectivity index (χ3n) is 5.19. The van der Waals surface area contributed by atoms with Gasteiger partial charge in [0.15, 0.2) is 0 Å². The fourth-order valence-electron chi connectivity index (χ4n) is 3.36. The van der Waals surface area contributed by atoms with Crippen molar-refractivity contribution in [3.05, 3.63) is 24.8 Å². The number of hydrogen-bond donors (Lipinski definition) is 1.